The van der Waals surface area contributed by atoms with Gasteiger partial charge in [-0.05, 0) is 6.92 Å². The SMILES string of the molecule is CCN1C(=O)N(COC/C=C/COC)C2C1N(CN1C(=O)CCC1=O)C(=O)N2COC. The van der Waals surface area contributed by atoms with Crippen molar-refractivity contribution >= 4 is 23.9 Å². The molecular weight excluding hydrogens is 410 g/mol. The molecule has 0 spiro atoms. The van der Waals surface area contributed by atoms with Crippen LogP contribution in [0.25, 0.3) is 0 Å². The Morgan fingerprint density at radius 1 is 0.806 bits per heavy atom. The molecule has 3 aliphatic rings. The van der Waals surface area contributed by atoms with Gasteiger partial charge in [-0.25, -0.2) is 9.59 Å². The number of hydrogen-bond acceptors (Lipinski definition) is 7. The molecule has 2 atom stereocenters. The highest BCUT2D eigenvalue weighted by molar-refractivity contribution is 6.02. The summed E-state index contributed by atoms with van der Waals surface area (Å²) in [6.45, 7) is 2.60. The van der Waals surface area contributed by atoms with Crippen LogP contribution in [0.2, 0.25) is 0 Å². The number of methoxy groups -OCH3 is 2. The summed E-state index contributed by atoms with van der Waals surface area (Å²) in [4.78, 5) is 57.3. The first-order valence-electron chi connectivity index (χ1n) is 10.1. The molecule has 0 saturated carbocycles. The number of amides is 6. The van der Waals surface area contributed by atoms with E-state index in [4.69, 9.17) is 14.2 Å². The summed E-state index contributed by atoms with van der Waals surface area (Å²) in [5, 5.41) is 0. The van der Waals surface area contributed by atoms with E-state index in [0.29, 0.717) is 13.2 Å². The van der Waals surface area contributed by atoms with E-state index < -0.39 is 18.4 Å². The van der Waals surface area contributed by atoms with Crippen LogP contribution in [0, 0.1) is 0 Å². The number of likely N-dealkylation sites (N-methyl/N-ethyl adjacent to an activating group) is 1. The van der Waals surface area contributed by atoms with Gasteiger partial charge in [0.25, 0.3) is 0 Å². The zero-order valence-electron chi connectivity index (χ0n) is 18.1. The van der Waals surface area contributed by atoms with Gasteiger partial charge in [-0.1, -0.05) is 12.2 Å². The number of rotatable bonds is 11. The number of carbonyl (C=O) groups is 4. The van der Waals surface area contributed by atoms with Gasteiger partial charge in [-0.15, -0.1) is 0 Å². The molecule has 3 saturated heterocycles. The maximum absolute atomic E-state index is 13.2. The number of likely N-dealkylation sites (tertiary alicyclic amines) is 1. The normalized spacial score (nSPS) is 24.0. The number of carbonyl (C=O) groups excluding carboxylic acids is 4. The quantitative estimate of drug-likeness (QED) is 0.253. The van der Waals surface area contributed by atoms with Gasteiger partial charge in [-0.3, -0.25) is 29.2 Å². The Morgan fingerprint density at radius 2 is 1.39 bits per heavy atom. The maximum Gasteiger partial charge on any atom is 0.326 e. The van der Waals surface area contributed by atoms with Crippen LogP contribution in [0.15, 0.2) is 12.2 Å². The van der Waals surface area contributed by atoms with Crippen LogP contribution in [0.4, 0.5) is 9.59 Å². The fourth-order valence-corrected chi connectivity index (χ4v) is 4.02. The van der Waals surface area contributed by atoms with Crippen molar-refractivity contribution in [3.8, 4) is 0 Å². The summed E-state index contributed by atoms with van der Waals surface area (Å²) in [6, 6.07) is -0.712. The Bertz CT molecular complexity index is 729. The molecule has 12 heteroatoms. The largest absolute Gasteiger partial charge is 0.381 e. The second-order valence-electron chi connectivity index (χ2n) is 7.29. The second kappa shape index (κ2) is 10.1. The highest BCUT2D eigenvalue weighted by Crippen LogP contribution is 2.35. The number of fused-ring (bicyclic) bond motifs is 1. The van der Waals surface area contributed by atoms with Gasteiger partial charge in [0.15, 0.2) is 12.3 Å². The molecule has 3 rings (SSSR count). The van der Waals surface area contributed by atoms with Crippen molar-refractivity contribution in [1.29, 1.82) is 0 Å². The van der Waals surface area contributed by atoms with Gasteiger partial charge in [0, 0.05) is 33.6 Å². The number of ether oxygens (including phenoxy) is 3. The van der Waals surface area contributed by atoms with Gasteiger partial charge in [0.1, 0.15) is 20.1 Å². The first kappa shape index (κ1) is 23.0. The molecule has 0 aromatic carbocycles. The molecular formula is C19H29N5O7. The molecule has 2 unspecified atom stereocenters. The van der Waals surface area contributed by atoms with Crippen LogP contribution in [-0.4, -0.2) is 115 Å². The van der Waals surface area contributed by atoms with Crippen LogP contribution < -0.4 is 0 Å². The van der Waals surface area contributed by atoms with Gasteiger partial charge in [0.05, 0.1) is 13.2 Å². The molecule has 0 N–H and O–H groups in total. The van der Waals surface area contributed by atoms with E-state index in [1.165, 1.54) is 26.7 Å². The van der Waals surface area contributed by atoms with Gasteiger partial charge >= 0.3 is 12.1 Å². The van der Waals surface area contributed by atoms with Crippen LogP contribution in [-0.2, 0) is 23.8 Å². The minimum absolute atomic E-state index is 0.0310. The van der Waals surface area contributed by atoms with Crippen LogP contribution >= 0.6 is 0 Å². The molecule has 0 bridgehead atoms. The fraction of sp³-hybridized carbons (Fsp3) is 0.684. The predicted octanol–water partition coefficient (Wildman–Crippen LogP) is 0.0208. The zero-order chi connectivity index (χ0) is 22.5. The third-order valence-corrected chi connectivity index (χ3v) is 5.46. The first-order valence-corrected chi connectivity index (χ1v) is 10.1. The summed E-state index contributed by atoms with van der Waals surface area (Å²) in [5.41, 5.74) is 0. The summed E-state index contributed by atoms with van der Waals surface area (Å²) >= 11 is 0. The van der Waals surface area contributed by atoms with E-state index in [1.54, 1.807) is 26.2 Å². The minimum Gasteiger partial charge on any atom is -0.381 e. The molecule has 6 amide bonds. The average molecular weight is 439 g/mol. The molecule has 3 heterocycles. The predicted molar refractivity (Wildman–Crippen MR) is 106 cm³/mol. The Labute approximate surface area is 180 Å². The van der Waals surface area contributed by atoms with Crippen molar-refractivity contribution < 1.29 is 33.4 Å². The number of nitrogens with zero attached hydrogens (tertiary/aromatic N) is 5. The minimum atomic E-state index is -0.672. The molecule has 0 aliphatic carbocycles. The Morgan fingerprint density at radius 3 is 2.00 bits per heavy atom. The zero-order valence-corrected chi connectivity index (χ0v) is 18.1. The third kappa shape index (κ3) is 4.36. The summed E-state index contributed by atoms with van der Waals surface area (Å²) < 4.78 is 15.7. The lowest BCUT2D eigenvalue weighted by atomic mass is 10.3. The van der Waals surface area contributed by atoms with Crippen LogP contribution in [0.3, 0.4) is 0 Å². The lowest BCUT2D eigenvalue weighted by Gasteiger charge is -2.31. The van der Waals surface area contributed by atoms with Crippen molar-refractivity contribution in [2.75, 3.05) is 54.1 Å². The molecule has 12 nitrogen and oxygen atoms in total. The smallest absolute Gasteiger partial charge is 0.326 e. The molecule has 3 fully saturated rings. The second-order valence-corrected chi connectivity index (χ2v) is 7.29. The summed E-state index contributed by atoms with van der Waals surface area (Å²) in [6.07, 6.45) is 2.50. The van der Waals surface area contributed by atoms with Crippen molar-refractivity contribution in [2.24, 2.45) is 0 Å². The summed E-state index contributed by atoms with van der Waals surface area (Å²) in [5.74, 6) is -0.648. The highest BCUT2D eigenvalue weighted by atomic mass is 16.5. The van der Waals surface area contributed by atoms with Gasteiger partial charge < -0.3 is 19.1 Å². The number of hydrogen-bond donors (Lipinski definition) is 0. The van der Waals surface area contributed by atoms with E-state index in [2.05, 4.69) is 0 Å². The molecule has 0 radical (unpaired) electrons. The topological polar surface area (TPSA) is 112 Å². The van der Waals surface area contributed by atoms with Gasteiger partial charge in [-0.2, -0.15) is 0 Å². The Balaban J connectivity index is 1.80. The monoisotopic (exact) mass is 439 g/mol. The van der Waals surface area contributed by atoms with E-state index in [9.17, 15) is 19.2 Å². The number of urea groups is 2. The summed E-state index contributed by atoms with van der Waals surface area (Å²) in [7, 11) is 3.04. The average Bonchev–Trinajstić information content (AvgIpc) is 3.31. The Hall–Kier alpha value is -2.70. The van der Waals surface area contributed by atoms with E-state index in [-0.39, 0.29) is 57.4 Å². The molecule has 3 aliphatic heterocycles. The van der Waals surface area contributed by atoms with Crippen molar-refractivity contribution in [3.05, 3.63) is 12.2 Å². The van der Waals surface area contributed by atoms with Crippen molar-refractivity contribution in [2.45, 2.75) is 32.1 Å². The molecule has 172 valence electrons. The standard InChI is InChI=1S/C19H29N5O7/c1-4-20-16-17(24(18(20)27)13-31-10-6-5-9-29-2)23(12-30-3)19(28)22(16)11-21-14(25)7-8-15(21)26/h5-6,16-17H,4,7-13H2,1-3H3/b6-5+. The lowest BCUT2D eigenvalue weighted by Crippen LogP contribution is -2.51. The van der Waals surface area contributed by atoms with Crippen LogP contribution in [0.5, 0.6) is 0 Å². The Kier molecular flexibility index (Phi) is 7.46. The molecule has 0 aromatic heterocycles. The first-order chi connectivity index (χ1) is 15.0. The van der Waals surface area contributed by atoms with Gasteiger partial charge in [0.2, 0.25) is 11.8 Å². The van der Waals surface area contributed by atoms with E-state index >= 15 is 0 Å². The maximum atomic E-state index is 13.2. The lowest BCUT2D eigenvalue weighted by molar-refractivity contribution is -0.140. The van der Waals surface area contributed by atoms with Crippen LogP contribution in [0.1, 0.15) is 19.8 Å². The molecule has 31 heavy (non-hydrogen) atoms. The van der Waals surface area contributed by atoms with E-state index in [0.717, 1.165) is 4.90 Å². The number of imide groups is 1. The van der Waals surface area contributed by atoms with Crippen molar-refractivity contribution in [3.63, 3.8) is 0 Å². The third-order valence-electron chi connectivity index (χ3n) is 5.46. The van der Waals surface area contributed by atoms with Crippen molar-refractivity contribution in [1.82, 2.24) is 24.5 Å². The highest BCUT2D eigenvalue weighted by Gasteiger charge is 2.59. The fourth-order valence-electron chi connectivity index (χ4n) is 4.02. The molecule has 0 aromatic rings. The van der Waals surface area contributed by atoms with E-state index in [1.807, 2.05) is 0 Å².